The molecule has 178 valence electrons. The van der Waals surface area contributed by atoms with Crippen molar-refractivity contribution < 1.29 is 26.3 Å². The lowest BCUT2D eigenvalue weighted by Gasteiger charge is -2.20. The van der Waals surface area contributed by atoms with E-state index in [9.17, 15) is 21.6 Å². The van der Waals surface area contributed by atoms with Gasteiger partial charge in [-0.15, -0.1) is 0 Å². The Morgan fingerprint density at radius 2 is 1.47 bits per heavy atom. The summed E-state index contributed by atoms with van der Waals surface area (Å²) in [5, 5.41) is 0. The van der Waals surface area contributed by atoms with E-state index in [2.05, 4.69) is 18.9 Å². The number of sulfonamides is 1. The summed E-state index contributed by atoms with van der Waals surface area (Å²) in [5.74, 6) is 0.639. The van der Waals surface area contributed by atoms with E-state index in [1.807, 2.05) is 0 Å². The van der Waals surface area contributed by atoms with Crippen LogP contribution in [0.1, 0.15) is 38.2 Å². The number of hydrogen-bond acceptors (Lipinski definition) is 4. The molecule has 0 N–H and O–H groups in total. The van der Waals surface area contributed by atoms with Gasteiger partial charge in [-0.05, 0) is 81.5 Å². The second-order valence-corrected chi connectivity index (χ2v) is 9.62. The van der Waals surface area contributed by atoms with Crippen LogP contribution >= 0.6 is 0 Å². The van der Waals surface area contributed by atoms with Crippen LogP contribution < -0.4 is 9.04 Å². The summed E-state index contributed by atoms with van der Waals surface area (Å²) < 4.78 is 70.4. The van der Waals surface area contributed by atoms with E-state index >= 15 is 0 Å². The normalized spacial score (nSPS) is 12.2. The van der Waals surface area contributed by atoms with Crippen LogP contribution in [0.5, 0.6) is 5.75 Å². The largest absolute Gasteiger partial charge is 0.494 e. The summed E-state index contributed by atoms with van der Waals surface area (Å²) in [6, 6.07) is 10.0. The molecule has 0 unspecified atom stereocenters. The Labute approximate surface area is 188 Å². The molecule has 2 rings (SSSR count). The van der Waals surface area contributed by atoms with Crippen LogP contribution in [0.15, 0.2) is 53.4 Å². The summed E-state index contributed by atoms with van der Waals surface area (Å²) >= 11 is 0. The number of rotatable bonds is 12. The van der Waals surface area contributed by atoms with Gasteiger partial charge >= 0.3 is 6.18 Å². The Kier molecular flexibility index (Phi) is 9.39. The summed E-state index contributed by atoms with van der Waals surface area (Å²) in [6.45, 7) is 4.88. The Morgan fingerprint density at radius 1 is 0.875 bits per heavy atom. The molecular formula is C23H31F3N2O3S. The van der Waals surface area contributed by atoms with Crippen molar-refractivity contribution in [1.29, 1.82) is 0 Å². The average molecular weight is 473 g/mol. The van der Waals surface area contributed by atoms with Crippen molar-refractivity contribution in [2.75, 3.05) is 38.1 Å². The van der Waals surface area contributed by atoms with Crippen LogP contribution in [0.25, 0.3) is 0 Å². The Bertz CT molecular complexity index is 930. The third-order valence-electron chi connectivity index (χ3n) is 5.28. The van der Waals surface area contributed by atoms with E-state index in [0.29, 0.717) is 18.0 Å². The second kappa shape index (κ2) is 11.6. The topological polar surface area (TPSA) is 49.9 Å². The average Bonchev–Trinajstić information content (AvgIpc) is 2.77. The van der Waals surface area contributed by atoms with E-state index in [-0.39, 0.29) is 4.90 Å². The Hall–Kier alpha value is -2.26. The van der Waals surface area contributed by atoms with Gasteiger partial charge < -0.3 is 9.64 Å². The van der Waals surface area contributed by atoms with E-state index in [4.69, 9.17) is 4.74 Å². The first-order chi connectivity index (χ1) is 15.1. The molecule has 32 heavy (non-hydrogen) atoms. The molecule has 0 aromatic heterocycles. The van der Waals surface area contributed by atoms with Crippen LogP contribution in [-0.2, 0) is 16.2 Å². The first kappa shape index (κ1) is 26.0. The summed E-state index contributed by atoms with van der Waals surface area (Å²) in [4.78, 5) is 2.07. The number of alkyl halides is 3. The molecule has 5 nitrogen and oxygen atoms in total. The lowest BCUT2D eigenvalue weighted by atomic mass is 10.2. The minimum Gasteiger partial charge on any atom is -0.494 e. The second-order valence-electron chi connectivity index (χ2n) is 7.65. The first-order valence-electron chi connectivity index (χ1n) is 10.6. The number of anilines is 1. The monoisotopic (exact) mass is 472 g/mol. The van der Waals surface area contributed by atoms with Gasteiger partial charge in [-0.2, -0.15) is 13.2 Å². The van der Waals surface area contributed by atoms with Crippen molar-refractivity contribution in [2.45, 2.75) is 43.7 Å². The summed E-state index contributed by atoms with van der Waals surface area (Å²) in [6.07, 6.45) is -0.169. The highest BCUT2D eigenvalue weighted by Gasteiger charge is 2.31. The lowest BCUT2D eigenvalue weighted by molar-refractivity contribution is -0.137. The maximum atomic E-state index is 12.7. The summed E-state index contributed by atoms with van der Waals surface area (Å²) in [7, 11) is -0.513. The van der Waals surface area contributed by atoms with E-state index in [0.717, 1.165) is 60.9 Å². The maximum absolute atomic E-state index is 12.7. The zero-order valence-electron chi connectivity index (χ0n) is 18.7. The molecule has 2 aromatic rings. The molecule has 0 atom stereocenters. The number of hydrogen-bond donors (Lipinski definition) is 0. The van der Waals surface area contributed by atoms with Crippen molar-refractivity contribution in [1.82, 2.24) is 4.90 Å². The van der Waals surface area contributed by atoms with Crippen molar-refractivity contribution >= 4 is 15.7 Å². The van der Waals surface area contributed by atoms with Crippen LogP contribution in [0.4, 0.5) is 18.9 Å². The molecule has 0 radical (unpaired) electrons. The number of nitrogens with zero attached hydrogens (tertiary/aromatic N) is 2. The molecule has 0 aliphatic carbocycles. The standard InChI is InChI=1S/C23H31F3N2O3S/c1-4-27(2)17-7-5-6-8-18-31-21-13-11-20(12-14-21)28(3)32(29,30)22-15-9-19(10-16-22)23(24,25)26/h9-16H,4-8,17-18H2,1-3H3. The van der Waals surface area contributed by atoms with Gasteiger partial charge in [0, 0.05) is 7.05 Å². The lowest BCUT2D eigenvalue weighted by Crippen LogP contribution is -2.26. The Balaban J connectivity index is 1.87. The quantitative estimate of drug-likeness (QED) is 0.387. The first-order valence-corrected chi connectivity index (χ1v) is 12.1. The number of unbranched alkanes of at least 4 members (excludes halogenated alkanes) is 3. The highest BCUT2D eigenvalue weighted by Crippen LogP contribution is 2.31. The van der Waals surface area contributed by atoms with Crippen LogP contribution in [0.2, 0.25) is 0 Å². The van der Waals surface area contributed by atoms with Crippen molar-refractivity contribution in [3.63, 3.8) is 0 Å². The molecule has 0 saturated heterocycles. The van der Waals surface area contributed by atoms with Crippen molar-refractivity contribution in [3.05, 3.63) is 54.1 Å². The van der Waals surface area contributed by atoms with E-state index in [1.54, 1.807) is 24.3 Å². The molecule has 0 amide bonds. The molecule has 0 heterocycles. The molecule has 9 heteroatoms. The molecule has 0 saturated carbocycles. The van der Waals surface area contributed by atoms with Gasteiger partial charge in [-0.25, -0.2) is 8.42 Å². The smallest absolute Gasteiger partial charge is 0.416 e. The third kappa shape index (κ3) is 7.41. The van der Waals surface area contributed by atoms with Gasteiger partial charge in [-0.1, -0.05) is 19.8 Å². The molecular weight excluding hydrogens is 441 g/mol. The van der Waals surface area contributed by atoms with Gasteiger partial charge in [-0.3, -0.25) is 4.31 Å². The Morgan fingerprint density at radius 3 is 2.03 bits per heavy atom. The number of benzene rings is 2. The number of halogens is 3. The van der Waals surface area contributed by atoms with E-state index in [1.165, 1.54) is 13.5 Å². The molecule has 0 spiro atoms. The molecule has 0 aliphatic heterocycles. The SMILES string of the molecule is CCN(C)CCCCCCOc1ccc(N(C)S(=O)(=O)c2ccc(C(F)(F)F)cc2)cc1. The highest BCUT2D eigenvalue weighted by atomic mass is 32.2. The fourth-order valence-electron chi connectivity index (χ4n) is 3.05. The predicted molar refractivity (Wildman–Crippen MR) is 121 cm³/mol. The molecule has 0 bridgehead atoms. The van der Waals surface area contributed by atoms with Gasteiger partial charge in [0.05, 0.1) is 22.8 Å². The van der Waals surface area contributed by atoms with E-state index < -0.39 is 21.8 Å². The fourth-order valence-corrected chi connectivity index (χ4v) is 4.25. The van der Waals surface area contributed by atoms with Gasteiger partial charge in [0.25, 0.3) is 10.0 Å². The minimum absolute atomic E-state index is 0.210. The number of ether oxygens (including phenoxy) is 1. The maximum Gasteiger partial charge on any atom is 0.416 e. The van der Waals surface area contributed by atoms with Crippen LogP contribution in [0.3, 0.4) is 0 Å². The zero-order chi connectivity index (χ0) is 23.8. The van der Waals surface area contributed by atoms with Gasteiger partial charge in [0.2, 0.25) is 0 Å². The van der Waals surface area contributed by atoms with Crippen LogP contribution in [0, 0.1) is 0 Å². The highest BCUT2D eigenvalue weighted by molar-refractivity contribution is 7.92. The molecule has 2 aromatic carbocycles. The molecule has 0 aliphatic rings. The minimum atomic E-state index is -4.52. The van der Waals surface area contributed by atoms with Crippen molar-refractivity contribution in [2.24, 2.45) is 0 Å². The summed E-state index contributed by atoms with van der Waals surface area (Å²) in [5.41, 5.74) is -0.508. The van der Waals surface area contributed by atoms with Gasteiger partial charge in [0.15, 0.2) is 0 Å². The van der Waals surface area contributed by atoms with Crippen molar-refractivity contribution in [3.8, 4) is 5.75 Å². The third-order valence-corrected chi connectivity index (χ3v) is 7.08. The van der Waals surface area contributed by atoms with Crippen LogP contribution in [-0.4, -0.2) is 47.1 Å². The fraction of sp³-hybridized carbons (Fsp3) is 0.478. The zero-order valence-corrected chi connectivity index (χ0v) is 19.5. The predicted octanol–water partition coefficient (Wildman–Crippen LogP) is 5.42. The molecule has 0 fully saturated rings. The van der Waals surface area contributed by atoms with Gasteiger partial charge in [0.1, 0.15) is 5.75 Å².